The van der Waals surface area contributed by atoms with E-state index in [1.807, 2.05) is 24.0 Å². The Morgan fingerprint density at radius 3 is 2.64 bits per heavy atom. The standard InChI is InChI=1S/C21H20F4N2O/c1-3-21(24,25)15-7-5-8-16(12-15)27-14(2)6-4-9-19(27)18-11-10-17(13-26-18)28-20(22)23/h4-14,20H,3H2,1-2H3. The van der Waals surface area contributed by atoms with Crippen LogP contribution in [0.25, 0.3) is 5.70 Å². The highest BCUT2D eigenvalue weighted by Gasteiger charge is 2.30. The molecule has 0 bridgehead atoms. The largest absolute Gasteiger partial charge is 0.433 e. The number of hydrogen-bond acceptors (Lipinski definition) is 3. The van der Waals surface area contributed by atoms with Crippen molar-refractivity contribution < 1.29 is 22.3 Å². The van der Waals surface area contributed by atoms with Gasteiger partial charge in [0.2, 0.25) is 0 Å². The summed E-state index contributed by atoms with van der Waals surface area (Å²) in [5.74, 6) is -2.96. The molecule has 28 heavy (non-hydrogen) atoms. The lowest BCUT2D eigenvalue weighted by atomic mass is 10.0. The Labute approximate surface area is 161 Å². The highest BCUT2D eigenvalue weighted by Crippen LogP contribution is 2.37. The Morgan fingerprint density at radius 1 is 1.21 bits per heavy atom. The number of aromatic nitrogens is 1. The van der Waals surface area contributed by atoms with Gasteiger partial charge >= 0.3 is 6.61 Å². The maximum absolute atomic E-state index is 14.2. The predicted molar refractivity (Wildman–Crippen MR) is 101 cm³/mol. The average molecular weight is 392 g/mol. The number of anilines is 1. The molecule has 1 aliphatic heterocycles. The van der Waals surface area contributed by atoms with Crippen LogP contribution >= 0.6 is 0 Å². The molecule has 3 nitrogen and oxygen atoms in total. The zero-order chi connectivity index (χ0) is 20.3. The Morgan fingerprint density at radius 2 is 2.00 bits per heavy atom. The zero-order valence-corrected chi connectivity index (χ0v) is 15.4. The third-order valence-corrected chi connectivity index (χ3v) is 4.53. The van der Waals surface area contributed by atoms with Crippen molar-refractivity contribution in [1.82, 2.24) is 4.98 Å². The molecule has 3 rings (SSSR count). The lowest BCUT2D eigenvalue weighted by Gasteiger charge is -2.34. The highest BCUT2D eigenvalue weighted by atomic mass is 19.3. The van der Waals surface area contributed by atoms with Gasteiger partial charge in [-0.3, -0.25) is 4.98 Å². The Kier molecular flexibility index (Phi) is 5.72. The first-order valence-corrected chi connectivity index (χ1v) is 8.89. The maximum Gasteiger partial charge on any atom is 0.387 e. The summed E-state index contributed by atoms with van der Waals surface area (Å²) in [4.78, 5) is 6.08. The third kappa shape index (κ3) is 4.18. The lowest BCUT2D eigenvalue weighted by molar-refractivity contribution is -0.0500. The summed E-state index contributed by atoms with van der Waals surface area (Å²) in [7, 11) is 0. The van der Waals surface area contributed by atoms with Gasteiger partial charge in [0.1, 0.15) is 5.75 Å². The van der Waals surface area contributed by atoms with Crippen LogP contribution < -0.4 is 9.64 Å². The van der Waals surface area contributed by atoms with E-state index >= 15 is 0 Å². The first kappa shape index (κ1) is 19.9. The molecule has 1 aromatic heterocycles. The number of rotatable bonds is 6. The van der Waals surface area contributed by atoms with Crippen LogP contribution in [0.3, 0.4) is 0 Å². The van der Waals surface area contributed by atoms with Crippen molar-refractivity contribution in [1.29, 1.82) is 0 Å². The molecule has 7 heteroatoms. The highest BCUT2D eigenvalue weighted by molar-refractivity contribution is 5.81. The van der Waals surface area contributed by atoms with Crippen LogP contribution in [0.2, 0.25) is 0 Å². The molecule has 0 spiro atoms. The number of halogens is 4. The van der Waals surface area contributed by atoms with E-state index < -0.39 is 12.5 Å². The van der Waals surface area contributed by atoms with Crippen molar-refractivity contribution in [3.05, 3.63) is 72.1 Å². The quantitative estimate of drug-likeness (QED) is 0.565. The second-order valence-electron chi connectivity index (χ2n) is 6.41. The van der Waals surface area contributed by atoms with Gasteiger partial charge in [0.25, 0.3) is 5.92 Å². The van der Waals surface area contributed by atoms with Crippen molar-refractivity contribution in [2.45, 2.75) is 38.8 Å². The SMILES string of the molecule is CCC(F)(F)c1cccc(N2C(c3ccc(OC(F)F)cn3)=CC=CC2C)c1. The smallest absolute Gasteiger partial charge is 0.387 e. The second-order valence-corrected chi connectivity index (χ2v) is 6.41. The first-order valence-electron chi connectivity index (χ1n) is 8.89. The van der Waals surface area contributed by atoms with Gasteiger partial charge in [-0.1, -0.05) is 31.2 Å². The lowest BCUT2D eigenvalue weighted by Crippen LogP contribution is -2.32. The summed E-state index contributed by atoms with van der Waals surface area (Å²) < 4.78 is 57.3. The van der Waals surface area contributed by atoms with Crippen molar-refractivity contribution in [2.75, 3.05) is 4.90 Å². The summed E-state index contributed by atoms with van der Waals surface area (Å²) in [6.45, 7) is 0.448. The van der Waals surface area contributed by atoms with Crippen molar-refractivity contribution in [3.63, 3.8) is 0 Å². The zero-order valence-electron chi connectivity index (χ0n) is 15.4. The van der Waals surface area contributed by atoms with Gasteiger partial charge < -0.3 is 9.64 Å². The second kappa shape index (κ2) is 8.04. The van der Waals surface area contributed by atoms with Gasteiger partial charge in [-0.25, -0.2) is 8.78 Å². The molecule has 1 aromatic carbocycles. The van der Waals surface area contributed by atoms with E-state index in [1.165, 1.54) is 31.3 Å². The number of ether oxygens (including phenoxy) is 1. The molecule has 1 atom stereocenters. The average Bonchev–Trinajstić information content (AvgIpc) is 2.68. The van der Waals surface area contributed by atoms with Gasteiger partial charge in [0.05, 0.1) is 17.6 Å². The minimum Gasteiger partial charge on any atom is -0.433 e. The van der Waals surface area contributed by atoms with E-state index in [-0.39, 0.29) is 23.8 Å². The first-order chi connectivity index (χ1) is 13.3. The van der Waals surface area contributed by atoms with Gasteiger partial charge in [0.15, 0.2) is 0 Å². The van der Waals surface area contributed by atoms with Crippen LogP contribution in [0, 0.1) is 0 Å². The van der Waals surface area contributed by atoms with Crippen LogP contribution in [0.4, 0.5) is 23.2 Å². The van der Waals surface area contributed by atoms with Gasteiger partial charge in [0, 0.05) is 23.7 Å². The Hall–Kier alpha value is -2.83. The van der Waals surface area contributed by atoms with Crippen molar-refractivity contribution in [2.24, 2.45) is 0 Å². The van der Waals surface area contributed by atoms with Crippen LogP contribution in [0.15, 0.2) is 60.8 Å². The molecule has 1 aliphatic rings. The number of pyridine rings is 1. The maximum atomic E-state index is 14.2. The molecule has 0 fully saturated rings. The predicted octanol–water partition coefficient (Wildman–Crippen LogP) is 5.99. The molecule has 2 heterocycles. The van der Waals surface area contributed by atoms with E-state index in [1.54, 1.807) is 24.3 Å². The molecule has 0 amide bonds. The van der Waals surface area contributed by atoms with Crippen molar-refractivity contribution in [3.8, 4) is 5.75 Å². The monoisotopic (exact) mass is 392 g/mol. The number of allylic oxidation sites excluding steroid dienone is 2. The van der Waals surface area contributed by atoms with Crippen LogP contribution in [-0.4, -0.2) is 17.6 Å². The number of benzene rings is 1. The summed E-state index contributed by atoms with van der Waals surface area (Å²) >= 11 is 0. The van der Waals surface area contributed by atoms with E-state index in [0.717, 1.165) is 0 Å². The molecule has 0 saturated carbocycles. The van der Waals surface area contributed by atoms with Crippen LogP contribution in [-0.2, 0) is 5.92 Å². The van der Waals surface area contributed by atoms with Gasteiger partial charge in [-0.15, -0.1) is 0 Å². The molecule has 1 unspecified atom stereocenters. The normalized spacial score (nSPS) is 17.0. The fourth-order valence-electron chi connectivity index (χ4n) is 3.07. The molecular formula is C21H20F4N2O. The summed E-state index contributed by atoms with van der Waals surface area (Å²) in [5, 5.41) is 0. The van der Waals surface area contributed by atoms with Gasteiger partial charge in [-0.2, -0.15) is 8.78 Å². The Balaban J connectivity index is 1.97. The molecule has 148 valence electrons. The molecule has 2 aromatic rings. The van der Waals surface area contributed by atoms with E-state index in [4.69, 9.17) is 0 Å². The van der Waals surface area contributed by atoms with E-state index in [2.05, 4.69) is 9.72 Å². The molecule has 0 N–H and O–H groups in total. The number of alkyl halides is 4. The number of hydrogen-bond donors (Lipinski definition) is 0. The summed E-state index contributed by atoms with van der Waals surface area (Å²) in [6, 6.07) is 9.10. The van der Waals surface area contributed by atoms with Crippen molar-refractivity contribution >= 4 is 11.4 Å². The minimum absolute atomic E-state index is 0.0464. The van der Waals surface area contributed by atoms with Gasteiger partial charge in [-0.05, 0) is 37.3 Å². The van der Waals surface area contributed by atoms with Crippen LogP contribution in [0.1, 0.15) is 31.5 Å². The third-order valence-electron chi connectivity index (χ3n) is 4.53. The summed E-state index contributed by atoms with van der Waals surface area (Å²) in [6.07, 6.45) is 6.52. The molecule has 0 radical (unpaired) electrons. The fourth-order valence-corrected chi connectivity index (χ4v) is 3.07. The number of nitrogens with zero attached hydrogens (tertiary/aromatic N) is 2. The van der Waals surface area contributed by atoms with Crippen LogP contribution in [0.5, 0.6) is 5.75 Å². The minimum atomic E-state index is -2.93. The summed E-state index contributed by atoms with van der Waals surface area (Å²) in [5.41, 5.74) is 1.74. The van der Waals surface area contributed by atoms with E-state index in [9.17, 15) is 17.6 Å². The molecule has 0 saturated heterocycles. The van der Waals surface area contributed by atoms with E-state index in [0.29, 0.717) is 17.1 Å². The fraction of sp³-hybridized carbons (Fsp3) is 0.286. The topological polar surface area (TPSA) is 25.4 Å². The molecular weight excluding hydrogens is 372 g/mol. The molecule has 0 aliphatic carbocycles. The Bertz CT molecular complexity index is 878.